The lowest BCUT2D eigenvalue weighted by atomic mass is 9.90. The van der Waals surface area contributed by atoms with E-state index >= 15 is 0 Å². The summed E-state index contributed by atoms with van der Waals surface area (Å²) in [4.78, 5) is 64.0. The van der Waals surface area contributed by atoms with Crippen LogP contribution in [0.1, 0.15) is 108 Å². The second kappa shape index (κ2) is 19.1. The number of unbranched alkanes of at least 4 members (excludes halogenated alkanes) is 4. The van der Waals surface area contributed by atoms with Crippen molar-refractivity contribution in [2.24, 2.45) is 5.41 Å². The second-order valence-corrected chi connectivity index (χ2v) is 14.2. The van der Waals surface area contributed by atoms with Crippen LogP contribution in [0.15, 0.2) is 42.0 Å². The van der Waals surface area contributed by atoms with Crippen molar-refractivity contribution in [2.75, 3.05) is 26.3 Å². The van der Waals surface area contributed by atoms with E-state index < -0.39 is 59.4 Å². The highest BCUT2D eigenvalue weighted by molar-refractivity contribution is 5.97. The van der Waals surface area contributed by atoms with Gasteiger partial charge in [-0.2, -0.15) is 0 Å². The van der Waals surface area contributed by atoms with Crippen LogP contribution in [0.4, 0.5) is 0 Å². The lowest BCUT2D eigenvalue weighted by Crippen LogP contribution is -2.44. The van der Waals surface area contributed by atoms with Gasteiger partial charge in [0.1, 0.15) is 24.9 Å². The minimum atomic E-state index is -1.04. The van der Waals surface area contributed by atoms with Gasteiger partial charge in [0.05, 0.1) is 12.2 Å². The molecule has 1 aromatic rings. The maximum atomic E-state index is 13.9. The molecule has 0 bridgehead atoms. The van der Waals surface area contributed by atoms with E-state index in [1.807, 2.05) is 0 Å². The van der Waals surface area contributed by atoms with E-state index in [1.165, 1.54) is 6.08 Å². The van der Waals surface area contributed by atoms with Crippen LogP contribution < -0.4 is 10.6 Å². The summed E-state index contributed by atoms with van der Waals surface area (Å²) in [6, 6.07) is 6.60. The van der Waals surface area contributed by atoms with Gasteiger partial charge in [0.15, 0.2) is 5.79 Å². The molecule has 1 aliphatic carbocycles. The lowest BCUT2D eigenvalue weighted by molar-refractivity contribution is -0.190. The predicted octanol–water partition coefficient (Wildman–Crippen LogP) is 4.31. The van der Waals surface area contributed by atoms with E-state index in [1.54, 1.807) is 44.2 Å². The molecule has 1 aromatic carbocycles. The van der Waals surface area contributed by atoms with Crippen molar-refractivity contribution in [3.63, 3.8) is 0 Å². The number of esters is 3. The van der Waals surface area contributed by atoms with Crippen molar-refractivity contribution in [2.45, 2.75) is 122 Å². The van der Waals surface area contributed by atoms with Crippen molar-refractivity contribution < 1.29 is 52.8 Å². The van der Waals surface area contributed by atoms with Gasteiger partial charge in [-0.3, -0.25) is 9.59 Å². The maximum absolute atomic E-state index is 13.9. The molecule has 13 heteroatoms. The van der Waals surface area contributed by atoms with E-state index in [2.05, 4.69) is 24.5 Å². The van der Waals surface area contributed by atoms with Crippen LogP contribution in [0.3, 0.4) is 0 Å². The van der Waals surface area contributed by atoms with Gasteiger partial charge >= 0.3 is 17.9 Å². The molecule has 0 spiro atoms. The van der Waals surface area contributed by atoms with Crippen LogP contribution in [-0.4, -0.2) is 91.3 Å². The Hall–Kier alpha value is -4.07. The number of carbonyl (C=O) groups excluding carboxylic acids is 5. The Bertz CT molecular complexity index is 1480. The molecule has 2 amide bonds. The summed E-state index contributed by atoms with van der Waals surface area (Å²) in [6.07, 6.45) is 8.32. The number of ether oxygens (including phenoxy) is 5. The normalized spacial score (nSPS) is 23.0. The second-order valence-electron chi connectivity index (χ2n) is 14.2. The molecule has 286 valence electrons. The van der Waals surface area contributed by atoms with Gasteiger partial charge in [-0.1, -0.05) is 71.6 Å². The average Bonchev–Trinajstić information content (AvgIpc) is 3.62. The molecule has 0 aromatic heterocycles. The third-order valence-electron chi connectivity index (χ3n) is 9.45. The zero-order valence-corrected chi connectivity index (χ0v) is 30.8. The van der Waals surface area contributed by atoms with Crippen LogP contribution in [0, 0.1) is 5.41 Å². The quantitative estimate of drug-likeness (QED) is 0.0802. The number of amides is 2. The standard InChI is InChI=1S/C39H54N2O11/c1-5-7-11-18-39(19-12-8-6-2)51-30-24-27(35(45)41-20-17-31(43)40-21-22-42)23-29(33(30)52-39)49-36(46)28-14-10-9-13-26(28)15-16-32(44)50-34-37(47)48-25-38(34,3)4/h9-10,13-16,24,29-30,33-34,42H,5-8,11-12,17-23,25H2,1-4H3,(H,40,43)(H,41,45)/t29-,30-,33+,34+/m1/s1. The van der Waals surface area contributed by atoms with Crippen molar-refractivity contribution >= 4 is 35.8 Å². The van der Waals surface area contributed by atoms with Crippen LogP contribution in [0.5, 0.6) is 0 Å². The Kier molecular flexibility index (Phi) is 15.0. The highest BCUT2D eigenvalue weighted by Crippen LogP contribution is 2.43. The molecule has 13 nitrogen and oxygen atoms in total. The fourth-order valence-corrected chi connectivity index (χ4v) is 6.56. The molecule has 2 aliphatic heterocycles. The SMILES string of the molecule is CCCCCC1(CCCCC)O[C@@H]2[C@@H](C=C(C(=O)NCCC(=O)NCCO)C[C@H]2OC(=O)c2ccccc2C=CC(=O)O[C@H]2C(=O)OCC2(C)C)O1. The van der Waals surface area contributed by atoms with E-state index in [-0.39, 0.29) is 50.6 Å². The van der Waals surface area contributed by atoms with Crippen LogP contribution in [0.2, 0.25) is 0 Å². The molecule has 0 saturated carbocycles. The van der Waals surface area contributed by atoms with Crippen LogP contribution in [-0.2, 0) is 42.9 Å². The third-order valence-corrected chi connectivity index (χ3v) is 9.45. The highest BCUT2D eigenvalue weighted by atomic mass is 16.8. The van der Waals surface area contributed by atoms with E-state index in [0.717, 1.165) is 44.6 Å². The molecular weight excluding hydrogens is 672 g/mol. The first kappa shape index (κ1) is 40.7. The largest absolute Gasteiger partial charge is 0.462 e. The van der Waals surface area contributed by atoms with E-state index in [4.69, 9.17) is 28.8 Å². The van der Waals surface area contributed by atoms with Gasteiger partial charge in [0.25, 0.3) is 0 Å². The van der Waals surface area contributed by atoms with E-state index in [0.29, 0.717) is 24.0 Å². The van der Waals surface area contributed by atoms with Gasteiger partial charge in [0.2, 0.25) is 17.9 Å². The minimum Gasteiger partial charge on any atom is -0.462 e. The van der Waals surface area contributed by atoms with E-state index in [9.17, 15) is 24.0 Å². The first-order valence-corrected chi connectivity index (χ1v) is 18.5. The number of hydrogen-bond donors (Lipinski definition) is 3. The van der Waals surface area contributed by atoms with Crippen molar-refractivity contribution in [1.29, 1.82) is 0 Å². The Labute approximate surface area is 305 Å². The number of aliphatic hydroxyl groups excluding tert-OH is 1. The predicted molar refractivity (Wildman–Crippen MR) is 190 cm³/mol. The average molecular weight is 727 g/mol. The number of cyclic esters (lactones) is 1. The van der Waals surface area contributed by atoms with Crippen LogP contribution in [0.25, 0.3) is 6.08 Å². The molecule has 4 atom stereocenters. The molecule has 2 saturated heterocycles. The smallest absolute Gasteiger partial charge is 0.348 e. The van der Waals surface area contributed by atoms with Gasteiger partial charge in [-0.15, -0.1) is 0 Å². The monoisotopic (exact) mass is 726 g/mol. The molecule has 4 rings (SSSR count). The summed E-state index contributed by atoms with van der Waals surface area (Å²) in [6.45, 7) is 7.94. The van der Waals surface area contributed by atoms with Crippen molar-refractivity contribution in [3.8, 4) is 0 Å². The highest BCUT2D eigenvalue weighted by Gasteiger charge is 2.52. The molecule has 3 aliphatic rings. The summed E-state index contributed by atoms with van der Waals surface area (Å²) in [5.74, 6) is -3.66. The molecule has 52 heavy (non-hydrogen) atoms. The summed E-state index contributed by atoms with van der Waals surface area (Å²) in [5.41, 5.74) is 0.236. The maximum Gasteiger partial charge on any atom is 0.348 e. The number of fused-ring (bicyclic) bond motifs is 1. The number of aliphatic hydroxyl groups is 1. The van der Waals surface area contributed by atoms with Gasteiger partial charge in [-0.05, 0) is 36.6 Å². The number of benzene rings is 1. The summed E-state index contributed by atoms with van der Waals surface area (Å²) < 4.78 is 29.9. The van der Waals surface area contributed by atoms with Crippen LogP contribution >= 0.6 is 0 Å². The fourth-order valence-electron chi connectivity index (χ4n) is 6.56. The number of carbonyl (C=O) groups is 5. The summed E-state index contributed by atoms with van der Waals surface area (Å²) >= 11 is 0. The topological polar surface area (TPSA) is 176 Å². The fraction of sp³-hybridized carbons (Fsp3) is 0.615. The molecule has 0 unspecified atom stereocenters. The molecule has 2 fully saturated rings. The number of rotatable bonds is 19. The molecule has 2 heterocycles. The summed E-state index contributed by atoms with van der Waals surface area (Å²) in [5, 5.41) is 14.3. The Balaban J connectivity index is 1.53. The Morgan fingerprint density at radius 2 is 1.67 bits per heavy atom. The molecule has 0 radical (unpaired) electrons. The van der Waals surface area contributed by atoms with Crippen molar-refractivity contribution in [3.05, 3.63) is 53.1 Å². The zero-order chi connectivity index (χ0) is 37.7. The molecular formula is C39H54N2O11. The zero-order valence-electron chi connectivity index (χ0n) is 30.8. The minimum absolute atomic E-state index is 0.0292. The Morgan fingerprint density at radius 3 is 2.33 bits per heavy atom. The van der Waals surface area contributed by atoms with Gasteiger partial charge < -0.3 is 39.4 Å². The molecule has 3 N–H and O–H groups in total. The third kappa shape index (κ3) is 11.0. The first-order valence-electron chi connectivity index (χ1n) is 18.5. The van der Waals surface area contributed by atoms with Crippen molar-refractivity contribution in [1.82, 2.24) is 10.6 Å². The number of hydrogen-bond acceptors (Lipinski definition) is 11. The Morgan fingerprint density at radius 1 is 0.962 bits per heavy atom. The first-order chi connectivity index (χ1) is 24.9. The summed E-state index contributed by atoms with van der Waals surface area (Å²) in [7, 11) is 0. The van der Waals surface area contributed by atoms with Gasteiger partial charge in [-0.25, -0.2) is 14.4 Å². The lowest BCUT2D eigenvalue weighted by Gasteiger charge is -2.31. The van der Waals surface area contributed by atoms with Gasteiger partial charge in [0, 0.05) is 55.8 Å². The number of nitrogens with one attached hydrogen (secondary N) is 2.